The van der Waals surface area contributed by atoms with Crippen LogP contribution in [0.3, 0.4) is 0 Å². The fourth-order valence-electron chi connectivity index (χ4n) is 7.74. The zero-order chi connectivity index (χ0) is 31.9. The average molecular weight is 614 g/mol. The van der Waals surface area contributed by atoms with Gasteiger partial charge < -0.3 is 29.3 Å². The van der Waals surface area contributed by atoms with E-state index in [1.807, 2.05) is 94.5 Å². The van der Waals surface area contributed by atoms with Crippen molar-refractivity contribution in [1.82, 2.24) is 4.90 Å². The van der Waals surface area contributed by atoms with Gasteiger partial charge in [-0.15, -0.1) is 0 Å². The zero-order valence-corrected chi connectivity index (χ0v) is 26.6. The monoisotopic (exact) mass is 613 g/mol. The Morgan fingerprint density at radius 3 is 2.33 bits per heavy atom. The van der Waals surface area contributed by atoms with E-state index in [9.17, 15) is 19.5 Å². The van der Waals surface area contributed by atoms with Gasteiger partial charge in [0.15, 0.2) is 0 Å². The first-order chi connectivity index (χ1) is 21.7. The molecule has 1 spiro atoms. The van der Waals surface area contributed by atoms with Crippen molar-refractivity contribution in [2.45, 2.75) is 64.2 Å². The lowest BCUT2D eigenvalue weighted by molar-refractivity contribution is -0.145. The largest absolute Gasteiger partial charge is 0.494 e. The predicted molar refractivity (Wildman–Crippen MR) is 172 cm³/mol. The number of aliphatic hydroxyl groups is 1. The number of hydrogen-bond acceptors (Lipinski definition) is 6. The van der Waals surface area contributed by atoms with Crippen molar-refractivity contribution in [3.05, 3.63) is 77.9 Å². The number of rotatable bonds is 9. The minimum atomic E-state index is -1.33. The van der Waals surface area contributed by atoms with Crippen molar-refractivity contribution in [2.75, 3.05) is 42.6 Å². The van der Waals surface area contributed by atoms with Crippen molar-refractivity contribution in [1.29, 1.82) is 0 Å². The quantitative estimate of drug-likeness (QED) is 0.334. The molecule has 45 heavy (non-hydrogen) atoms. The first-order valence-corrected chi connectivity index (χ1v) is 16.1. The Kier molecular flexibility index (Phi) is 8.35. The number of amides is 3. The highest BCUT2D eigenvalue weighted by Crippen LogP contribution is 2.59. The first kappa shape index (κ1) is 31.0. The summed E-state index contributed by atoms with van der Waals surface area (Å²) in [6.45, 7) is 9.32. The number of ether oxygens (including phenoxy) is 2. The summed E-state index contributed by atoms with van der Waals surface area (Å²) in [5, 5.41) is 9.53. The maximum Gasteiger partial charge on any atom is 0.253 e. The van der Waals surface area contributed by atoms with Crippen molar-refractivity contribution in [3.8, 4) is 5.75 Å². The molecule has 1 unspecified atom stereocenters. The third-order valence-corrected chi connectivity index (χ3v) is 9.86. The van der Waals surface area contributed by atoms with Crippen LogP contribution in [0.5, 0.6) is 5.75 Å². The molecule has 0 aliphatic carbocycles. The van der Waals surface area contributed by atoms with Gasteiger partial charge in [0.05, 0.1) is 24.0 Å². The fourth-order valence-corrected chi connectivity index (χ4v) is 7.74. The number of anilines is 2. The van der Waals surface area contributed by atoms with Crippen molar-refractivity contribution >= 4 is 29.1 Å². The summed E-state index contributed by atoms with van der Waals surface area (Å²) in [7, 11) is 0. The second-order valence-corrected chi connectivity index (χ2v) is 12.5. The smallest absolute Gasteiger partial charge is 0.253 e. The summed E-state index contributed by atoms with van der Waals surface area (Å²) >= 11 is 0. The van der Waals surface area contributed by atoms with Crippen LogP contribution in [0.2, 0.25) is 0 Å². The number of hydrogen-bond donors (Lipinski definition) is 1. The molecule has 6 rings (SSSR count). The summed E-state index contributed by atoms with van der Waals surface area (Å²) in [5.41, 5.74) is 1.09. The number of fused-ring (bicyclic) bond motifs is 2. The lowest BCUT2D eigenvalue weighted by Gasteiger charge is -2.38. The number of benzene rings is 2. The number of carbonyl (C=O) groups is 3. The van der Waals surface area contributed by atoms with Gasteiger partial charge >= 0.3 is 0 Å². The highest BCUT2D eigenvalue weighted by atomic mass is 16.5. The van der Waals surface area contributed by atoms with Gasteiger partial charge in [0, 0.05) is 37.6 Å². The molecule has 0 radical (unpaired) electrons. The zero-order valence-electron chi connectivity index (χ0n) is 26.6. The van der Waals surface area contributed by atoms with E-state index in [2.05, 4.69) is 0 Å². The van der Waals surface area contributed by atoms with Gasteiger partial charge in [-0.05, 0) is 81.5 Å². The maximum atomic E-state index is 14.8. The maximum absolute atomic E-state index is 14.8. The Bertz CT molecular complexity index is 1540. The molecular formula is C36H43N3O6. The SMILES string of the molecule is CCOc1ccc(N2CC=C[C@@]3(CC)O[C@]45C=CCN(c6cc(C)ccc6C)C(=O)C4N(CCCCO)C(=O)[C@@H]5[C@H]3C2=O)cc1. The van der Waals surface area contributed by atoms with Gasteiger partial charge in [0.1, 0.15) is 17.4 Å². The van der Waals surface area contributed by atoms with Gasteiger partial charge in [-0.2, -0.15) is 0 Å². The molecule has 4 heterocycles. The van der Waals surface area contributed by atoms with E-state index in [0.29, 0.717) is 50.4 Å². The number of aryl methyl sites for hydroxylation is 2. The number of carbonyl (C=O) groups excluding carboxylic acids is 3. The third-order valence-electron chi connectivity index (χ3n) is 9.86. The predicted octanol–water partition coefficient (Wildman–Crippen LogP) is 4.34. The van der Waals surface area contributed by atoms with Crippen LogP contribution >= 0.6 is 0 Å². The van der Waals surface area contributed by atoms with Crippen LogP contribution in [0.1, 0.15) is 44.2 Å². The van der Waals surface area contributed by atoms with Crippen LogP contribution in [0, 0.1) is 25.7 Å². The molecule has 2 fully saturated rings. The van der Waals surface area contributed by atoms with Crippen molar-refractivity contribution < 1.29 is 29.0 Å². The highest BCUT2D eigenvalue weighted by molar-refractivity contribution is 6.08. The van der Waals surface area contributed by atoms with Gasteiger partial charge in [0.2, 0.25) is 11.8 Å². The van der Waals surface area contributed by atoms with Gasteiger partial charge in [-0.1, -0.05) is 43.4 Å². The van der Waals surface area contributed by atoms with Crippen LogP contribution in [0.4, 0.5) is 11.4 Å². The first-order valence-electron chi connectivity index (χ1n) is 16.1. The average Bonchev–Trinajstić information content (AvgIpc) is 3.31. The standard InChI is InChI=1S/C36H43N3O6/c1-5-35-17-9-20-37(26-13-15-27(16-14-26)44-6-2)32(41)29(35)30-33(42)39(19-7-8-22-40)31-34(43)38(21-10-18-36(30,31)45-35)28-23-24(3)11-12-25(28)4/h9-18,23,29-31,40H,5-8,19-22H2,1-4H3/t29-,30-,31?,35+,36-/m0/s1. The summed E-state index contributed by atoms with van der Waals surface area (Å²) in [4.78, 5) is 49.2. The molecule has 9 heteroatoms. The summed E-state index contributed by atoms with van der Waals surface area (Å²) < 4.78 is 12.7. The molecule has 2 aromatic rings. The topological polar surface area (TPSA) is 99.6 Å². The summed E-state index contributed by atoms with van der Waals surface area (Å²) in [6.07, 6.45) is 9.19. The van der Waals surface area contributed by atoms with Crippen LogP contribution in [-0.2, 0) is 19.1 Å². The summed E-state index contributed by atoms with van der Waals surface area (Å²) in [6, 6.07) is 12.5. The molecule has 4 aliphatic rings. The number of aliphatic hydroxyl groups excluding tert-OH is 1. The Balaban J connectivity index is 1.45. The van der Waals surface area contributed by atoms with Crippen LogP contribution in [0.15, 0.2) is 66.8 Å². The molecule has 0 aromatic heterocycles. The Labute approximate surface area is 265 Å². The molecule has 1 N–H and O–H groups in total. The molecule has 4 aliphatic heterocycles. The van der Waals surface area contributed by atoms with Crippen molar-refractivity contribution in [3.63, 3.8) is 0 Å². The van der Waals surface area contributed by atoms with Crippen LogP contribution < -0.4 is 14.5 Å². The Hall–Kier alpha value is -3.95. The fraction of sp³-hybridized carbons (Fsp3) is 0.472. The second kappa shape index (κ2) is 12.1. The Morgan fingerprint density at radius 1 is 0.889 bits per heavy atom. The van der Waals surface area contributed by atoms with E-state index in [1.54, 1.807) is 14.7 Å². The summed E-state index contributed by atoms with van der Waals surface area (Å²) in [5.74, 6) is -1.70. The minimum Gasteiger partial charge on any atom is -0.494 e. The van der Waals surface area contributed by atoms with Gasteiger partial charge in [-0.25, -0.2) is 0 Å². The van der Waals surface area contributed by atoms with Crippen LogP contribution in [-0.4, -0.2) is 77.8 Å². The van der Waals surface area contributed by atoms with Gasteiger partial charge in [-0.3, -0.25) is 14.4 Å². The molecule has 0 saturated carbocycles. The molecular weight excluding hydrogens is 570 g/mol. The lowest BCUT2D eigenvalue weighted by Crippen LogP contribution is -2.56. The van der Waals surface area contributed by atoms with E-state index in [4.69, 9.17) is 9.47 Å². The number of nitrogens with zero attached hydrogens (tertiary/aromatic N) is 3. The molecule has 5 atom stereocenters. The molecule has 2 saturated heterocycles. The molecule has 3 amide bonds. The number of unbranched alkanes of at least 4 members (excludes halogenated alkanes) is 1. The molecule has 238 valence electrons. The van der Waals surface area contributed by atoms with E-state index in [-0.39, 0.29) is 30.9 Å². The van der Waals surface area contributed by atoms with E-state index >= 15 is 0 Å². The normalized spacial score (nSPS) is 29.0. The van der Waals surface area contributed by atoms with E-state index in [1.165, 1.54) is 0 Å². The van der Waals surface area contributed by atoms with Crippen molar-refractivity contribution in [2.24, 2.45) is 11.8 Å². The third kappa shape index (κ3) is 4.97. The lowest BCUT2D eigenvalue weighted by atomic mass is 9.73. The molecule has 0 bridgehead atoms. The molecule has 2 aromatic carbocycles. The minimum absolute atomic E-state index is 0.0118. The molecule has 9 nitrogen and oxygen atoms in total. The van der Waals surface area contributed by atoms with Crippen LogP contribution in [0.25, 0.3) is 0 Å². The Morgan fingerprint density at radius 2 is 1.62 bits per heavy atom. The van der Waals surface area contributed by atoms with E-state index in [0.717, 1.165) is 16.8 Å². The second-order valence-electron chi connectivity index (χ2n) is 12.5. The van der Waals surface area contributed by atoms with Gasteiger partial charge in [0.25, 0.3) is 5.91 Å². The highest BCUT2D eigenvalue weighted by Gasteiger charge is 2.75. The number of likely N-dealkylation sites (tertiary alicyclic amines) is 1. The van der Waals surface area contributed by atoms with E-state index < -0.39 is 29.1 Å².